The third kappa shape index (κ3) is 5.18. The van der Waals surface area contributed by atoms with E-state index in [0.29, 0.717) is 0 Å². The Morgan fingerprint density at radius 1 is 1.32 bits per heavy atom. The Balaban J connectivity index is 2.88. The molecule has 0 saturated heterocycles. The highest BCUT2D eigenvalue weighted by Gasteiger charge is 2.31. The molecule has 19 heavy (non-hydrogen) atoms. The molecule has 0 aromatic heterocycles. The van der Waals surface area contributed by atoms with Gasteiger partial charge < -0.3 is 14.9 Å². The second kappa shape index (κ2) is 6.78. The van der Waals surface area contributed by atoms with Crippen molar-refractivity contribution in [3.05, 3.63) is 28.2 Å². The molecule has 0 aliphatic carbocycles. The number of alkyl halides is 4. The Morgan fingerprint density at radius 3 is 2.42 bits per heavy atom. The predicted octanol–water partition coefficient (Wildman–Crippen LogP) is 3.37. The lowest BCUT2D eigenvalue weighted by molar-refractivity contribution is -0.274. The van der Waals surface area contributed by atoms with Gasteiger partial charge in [-0.3, -0.25) is 0 Å². The molecule has 8 heteroatoms. The average molecular weight is 364 g/mol. The molecular formula is C11H11BrClF3O3. The van der Waals surface area contributed by atoms with Crippen LogP contribution >= 0.6 is 27.5 Å². The zero-order chi connectivity index (χ0) is 14.6. The molecule has 0 spiro atoms. The summed E-state index contributed by atoms with van der Waals surface area (Å²) in [6, 6.07) is 3.37. The SMILES string of the molecule is OC(CCCl)C(O)c1ccc(OC(F)(F)F)cc1Br. The van der Waals surface area contributed by atoms with Gasteiger partial charge in [-0.1, -0.05) is 22.0 Å². The summed E-state index contributed by atoms with van der Waals surface area (Å²) in [5, 5.41) is 19.4. The van der Waals surface area contributed by atoms with Crippen molar-refractivity contribution in [2.45, 2.75) is 25.0 Å². The minimum atomic E-state index is -4.78. The monoisotopic (exact) mass is 362 g/mol. The van der Waals surface area contributed by atoms with Crippen LogP contribution in [0, 0.1) is 0 Å². The third-order valence-electron chi connectivity index (χ3n) is 2.29. The van der Waals surface area contributed by atoms with Crippen LogP contribution in [0.5, 0.6) is 5.75 Å². The third-order valence-corrected chi connectivity index (χ3v) is 3.20. The number of benzene rings is 1. The van der Waals surface area contributed by atoms with Gasteiger partial charge in [0.1, 0.15) is 11.9 Å². The first-order chi connectivity index (χ1) is 8.74. The first-order valence-electron chi connectivity index (χ1n) is 5.22. The zero-order valence-corrected chi connectivity index (χ0v) is 11.8. The highest BCUT2D eigenvalue weighted by atomic mass is 79.9. The van der Waals surface area contributed by atoms with Crippen LogP contribution in [0.4, 0.5) is 13.2 Å². The van der Waals surface area contributed by atoms with E-state index in [1.165, 1.54) is 6.07 Å². The highest BCUT2D eigenvalue weighted by molar-refractivity contribution is 9.10. The first-order valence-corrected chi connectivity index (χ1v) is 6.54. The van der Waals surface area contributed by atoms with Gasteiger partial charge >= 0.3 is 6.36 Å². The van der Waals surface area contributed by atoms with Crippen molar-refractivity contribution in [1.29, 1.82) is 0 Å². The second-order valence-corrected chi connectivity index (χ2v) is 4.95. The topological polar surface area (TPSA) is 49.7 Å². The summed E-state index contributed by atoms with van der Waals surface area (Å²) in [4.78, 5) is 0. The highest BCUT2D eigenvalue weighted by Crippen LogP contribution is 2.32. The largest absolute Gasteiger partial charge is 0.573 e. The maximum atomic E-state index is 12.0. The molecule has 1 aromatic carbocycles. The van der Waals surface area contributed by atoms with Crippen LogP contribution in [0.2, 0.25) is 0 Å². The Bertz CT molecular complexity index is 428. The molecule has 108 valence electrons. The Kier molecular flexibility index (Phi) is 5.91. The normalized spacial score (nSPS) is 15.1. The number of aliphatic hydroxyl groups is 2. The Morgan fingerprint density at radius 2 is 1.95 bits per heavy atom. The van der Waals surface area contributed by atoms with Crippen LogP contribution in [-0.2, 0) is 0 Å². The molecule has 3 nitrogen and oxygen atoms in total. The quantitative estimate of drug-likeness (QED) is 0.789. The van der Waals surface area contributed by atoms with E-state index in [-0.39, 0.29) is 22.3 Å². The number of rotatable bonds is 5. The van der Waals surface area contributed by atoms with E-state index >= 15 is 0 Å². The lowest BCUT2D eigenvalue weighted by Crippen LogP contribution is -2.20. The number of ether oxygens (including phenoxy) is 1. The summed E-state index contributed by atoms with van der Waals surface area (Å²) in [6.07, 6.45) is -6.95. The van der Waals surface area contributed by atoms with Crippen molar-refractivity contribution < 1.29 is 28.1 Å². The lowest BCUT2D eigenvalue weighted by Gasteiger charge is -2.19. The van der Waals surface area contributed by atoms with Gasteiger partial charge in [-0.15, -0.1) is 24.8 Å². The molecule has 0 radical (unpaired) electrons. The Hall–Kier alpha value is -0.500. The Labute approximate surface area is 121 Å². The van der Waals surface area contributed by atoms with Crippen molar-refractivity contribution in [2.75, 3.05) is 5.88 Å². The molecule has 0 heterocycles. The molecule has 1 aromatic rings. The summed E-state index contributed by atoms with van der Waals surface area (Å²) < 4.78 is 40.0. The standard InChI is InChI=1S/C11H11BrClF3O3/c12-8-5-6(19-11(14,15)16)1-2-7(8)10(18)9(17)3-4-13/h1-2,5,9-10,17-18H,3-4H2. The van der Waals surface area contributed by atoms with Crippen LogP contribution < -0.4 is 4.74 Å². The van der Waals surface area contributed by atoms with E-state index in [9.17, 15) is 23.4 Å². The van der Waals surface area contributed by atoms with E-state index in [2.05, 4.69) is 20.7 Å². The molecule has 2 N–H and O–H groups in total. The van der Waals surface area contributed by atoms with Crippen molar-refractivity contribution in [3.63, 3.8) is 0 Å². The summed E-state index contributed by atoms with van der Waals surface area (Å²) >= 11 is 8.46. The van der Waals surface area contributed by atoms with E-state index < -0.39 is 24.3 Å². The molecule has 1 rings (SSSR count). The van der Waals surface area contributed by atoms with Crippen molar-refractivity contribution >= 4 is 27.5 Å². The van der Waals surface area contributed by atoms with Crippen LogP contribution in [0.15, 0.2) is 22.7 Å². The van der Waals surface area contributed by atoms with E-state index in [1.54, 1.807) is 0 Å². The maximum absolute atomic E-state index is 12.0. The van der Waals surface area contributed by atoms with Gasteiger partial charge in [0.25, 0.3) is 0 Å². The zero-order valence-electron chi connectivity index (χ0n) is 9.49. The molecule has 0 fully saturated rings. The van der Waals surface area contributed by atoms with Crippen molar-refractivity contribution in [2.24, 2.45) is 0 Å². The van der Waals surface area contributed by atoms with Crippen LogP contribution in [0.25, 0.3) is 0 Å². The maximum Gasteiger partial charge on any atom is 0.573 e. The minimum absolute atomic E-state index is 0.158. The summed E-state index contributed by atoms with van der Waals surface area (Å²) in [7, 11) is 0. The molecular weight excluding hydrogens is 352 g/mol. The van der Waals surface area contributed by atoms with Crippen LogP contribution in [-0.4, -0.2) is 28.6 Å². The van der Waals surface area contributed by atoms with Crippen LogP contribution in [0.1, 0.15) is 18.1 Å². The summed E-state index contributed by atoms with van der Waals surface area (Å²) in [5.41, 5.74) is 0.257. The minimum Gasteiger partial charge on any atom is -0.406 e. The van der Waals surface area contributed by atoms with Gasteiger partial charge in [0, 0.05) is 10.4 Å². The average Bonchev–Trinajstić information content (AvgIpc) is 2.26. The molecule has 0 aliphatic heterocycles. The van der Waals surface area contributed by atoms with Gasteiger partial charge in [0.15, 0.2) is 0 Å². The predicted molar refractivity (Wildman–Crippen MR) is 67.1 cm³/mol. The van der Waals surface area contributed by atoms with Gasteiger partial charge in [-0.05, 0) is 24.1 Å². The van der Waals surface area contributed by atoms with Gasteiger partial charge in [-0.25, -0.2) is 0 Å². The second-order valence-electron chi connectivity index (χ2n) is 3.72. The molecule has 2 unspecified atom stereocenters. The molecule has 0 bridgehead atoms. The fourth-order valence-corrected chi connectivity index (χ4v) is 2.24. The molecule has 0 aliphatic rings. The number of hydrogen-bond acceptors (Lipinski definition) is 3. The molecule has 2 atom stereocenters. The smallest absolute Gasteiger partial charge is 0.406 e. The summed E-state index contributed by atoms with van der Waals surface area (Å²) in [6.45, 7) is 0. The van der Waals surface area contributed by atoms with Gasteiger partial charge in [0.2, 0.25) is 0 Å². The van der Waals surface area contributed by atoms with Crippen LogP contribution in [0.3, 0.4) is 0 Å². The van der Waals surface area contributed by atoms with E-state index in [1.807, 2.05) is 0 Å². The first kappa shape index (κ1) is 16.6. The molecule has 0 saturated carbocycles. The van der Waals surface area contributed by atoms with Gasteiger partial charge in [-0.2, -0.15) is 0 Å². The number of hydrogen-bond donors (Lipinski definition) is 2. The van der Waals surface area contributed by atoms with Crippen molar-refractivity contribution in [1.82, 2.24) is 0 Å². The lowest BCUT2D eigenvalue weighted by atomic mass is 10.0. The van der Waals surface area contributed by atoms with E-state index in [4.69, 9.17) is 11.6 Å². The summed E-state index contributed by atoms with van der Waals surface area (Å²) in [5.74, 6) is -0.257. The molecule has 0 amide bonds. The van der Waals surface area contributed by atoms with E-state index in [0.717, 1.165) is 12.1 Å². The fourth-order valence-electron chi connectivity index (χ4n) is 1.42. The van der Waals surface area contributed by atoms with Gasteiger partial charge in [0.05, 0.1) is 6.10 Å². The fraction of sp³-hybridized carbons (Fsp3) is 0.455. The van der Waals surface area contributed by atoms with Crippen molar-refractivity contribution in [3.8, 4) is 5.75 Å². The number of halogens is 5. The number of aliphatic hydroxyl groups excluding tert-OH is 2.